The van der Waals surface area contributed by atoms with Gasteiger partial charge in [0.15, 0.2) is 0 Å². The van der Waals surface area contributed by atoms with Crippen LogP contribution in [0, 0.1) is 0 Å². The lowest BCUT2D eigenvalue weighted by Gasteiger charge is -2.05. The minimum absolute atomic E-state index is 0.151. The molecule has 118 valence electrons. The Balaban J connectivity index is 1.84. The molecule has 1 heterocycles. The predicted octanol–water partition coefficient (Wildman–Crippen LogP) is 1.49. The van der Waals surface area contributed by atoms with Crippen molar-refractivity contribution in [1.29, 1.82) is 0 Å². The average molecular weight is 323 g/mol. The molecular weight excluding hydrogens is 304 g/mol. The van der Waals surface area contributed by atoms with Crippen molar-refractivity contribution in [2.24, 2.45) is 0 Å². The predicted molar refractivity (Wildman–Crippen MR) is 85.7 cm³/mol. The molecule has 0 bridgehead atoms. The van der Waals surface area contributed by atoms with Crippen LogP contribution in [0.25, 0.3) is 5.69 Å². The number of carbonyl (C=O) groups is 1. The fourth-order valence-electron chi connectivity index (χ4n) is 1.87. The summed E-state index contributed by atoms with van der Waals surface area (Å²) in [5.41, 5.74) is 1.32. The van der Waals surface area contributed by atoms with Gasteiger partial charge in [-0.2, -0.15) is 5.10 Å². The zero-order chi connectivity index (χ0) is 15.8. The first-order chi connectivity index (χ1) is 10.7. The van der Waals surface area contributed by atoms with Gasteiger partial charge in [0.1, 0.15) is 0 Å². The lowest BCUT2D eigenvalue weighted by Crippen LogP contribution is -2.32. The Labute approximate surface area is 134 Å². The highest BCUT2D eigenvalue weighted by Gasteiger charge is 2.08. The number of nitrogens with zero attached hydrogens (tertiary/aromatic N) is 2. The highest BCUT2D eigenvalue weighted by atomic mass is 35.5. The first-order valence-electron chi connectivity index (χ1n) is 6.99. The van der Waals surface area contributed by atoms with Crippen LogP contribution in [0.4, 0.5) is 0 Å². The van der Waals surface area contributed by atoms with E-state index in [1.54, 1.807) is 30.1 Å². The fourth-order valence-corrected chi connectivity index (χ4v) is 2.05. The van der Waals surface area contributed by atoms with Crippen molar-refractivity contribution in [3.63, 3.8) is 0 Å². The van der Waals surface area contributed by atoms with Crippen LogP contribution in [0.1, 0.15) is 10.4 Å². The van der Waals surface area contributed by atoms with E-state index in [1.165, 1.54) is 6.20 Å². The molecule has 0 saturated heterocycles. The molecule has 1 aromatic heterocycles. The molecule has 6 nitrogen and oxygen atoms in total. The van der Waals surface area contributed by atoms with Gasteiger partial charge in [0.25, 0.3) is 5.91 Å². The topological polar surface area (TPSA) is 68.2 Å². The number of ether oxygens (including phenoxy) is 1. The van der Waals surface area contributed by atoms with E-state index in [0.29, 0.717) is 30.3 Å². The summed E-state index contributed by atoms with van der Waals surface area (Å²) in [7, 11) is 1.65. The Bertz CT molecular complexity index is 615. The van der Waals surface area contributed by atoms with E-state index in [2.05, 4.69) is 15.7 Å². The molecule has 0 fully saturated rings. The van der Waals surface area contributed by atoms with Gasteiger partial charge in [0.05, 0.1) is 24.1 Å². The van der Waals surface area contributed by atoms with Crippen molar-refractivity contribution in [3.05, 3.63) is 47.2 Å². The third-order valence-corrected chi connectivity index (χ3v) is 3.22. The summed E-state index contributed by atoms with van der Waals surface area (Å²) < 4.78 is 6.54. The highest BCUT2D eigenvalue weighted by molar-refractivity contribution is 6.30. The monoisotopic (exact) mass is 322 g/mol. The molecule has 0 spiro atoms. The van der Waals surface area contributed by atoms with Gasteiger partial charge in [0, 0.05) is 38.0 Å². The second-order valence-corrected chi connectivity index (χ2v) is 5.09. The molecule has 0 aliphatic heterocycles. The van der Waals surface area contributed by atoms with Gasteiger partial charge in [-0.1, -0.05) is 17.7 Å². The number of carbonyl (C=O) groups excluding carboxylic acids is 1. The summed E-state index contributed by atoms with van der Waals surface area (Å²) in [5.74, 6) is -0.151. The van der Waals surface area contributed by atoms with Crippen LogP contribution in [-0.4, -0.2) is 49.0 Å². The number of hydrogen-bond donors (Lipinski definition) is 2. The van der Waals surface area contributed by atoms with Gasteiger partial charge in [-0.15, -0.1) is 0 Å². The average Bonchev–Trinajstić information content (AvgIpc) is 3.00. The zero-order valence-corrected chi connectivity index (χ0v) is 13.1. The maximum Gasteiger partial charge on any atom is 0.254 e. The van der Waals surface area contributed by atoms with Crippen molar-refractivity contribution in [2.45, 2.75) is 0 Å². The number of hydrogen-bond acceptors (Lipinski definition) is 4. The Kier molecular flexibility index (Phi) is 6.39. The Morgan fingerprint density at radius 3 is 3.00 bits per heavy atom. The first-order valence-corrected chi connectivity index (χ1v) is 7.37. The van der Waals surface area contributed by atoms with Crippen molar-refractivity contribution in [1.82, 2.24) is 20.4 Å². The maximum atomic E-state index is 12.0. The zero-order valence-electron chi connectivity index (χ0n) is 12.4. The SMILES string of the molecule is COCCNCCNC(=O)c1cnn(-c2cccc(Cl)c2)c1. The van der Waals surface area contributed by atoms with E-state index in [0.717, 1.165) is 12.2 Å². The van der Waals surface area contributed by atoms with Crippen molar-refractivity contribution in [2.75, 3.05) is 33.4 Å². The van der Waals surface area contributed by atoms with Crippen molar-refractivity contribution < 1.29 is 9.53 Å². The summed E-state index contributed by atoms with van der Waals surface area (Å²) >= 11 is 5.95. The molecule has 0 aliphatic rings. The van der Waals surface area contributed by atoms with Crippen LogP contribution in [0.5, 0.6) is 0 Å². The molecular formula is C15H19ClN4O2. The third-order valence-electron chi connectivity index (χ3n) is 2.99. The largest absolute Gasteiger partial charge is 0.383 e. The summed E-state index contributed by atoms with van der Waals surface area (Å²) in [4.78, 5) is 12.0. The van der Waals surface area contributed by atoms with Crippen LogP contribution < -0.4 is 10.6 Å². The molecule has 0 aliphatic carbocycles. The lowest BCUT2D eigenvalue weighted by molar-refractivity contribution is 0.0953. The van der Waals surface area contributed by atoms with Crippen molar-refractivity contribution >= 4 is 17.5 Å². The molecule has 1 aromatic carbocycles. The Hall–Kier alpha value is -1.89. The van der Waals surface area contributed by atoms with Crippen LogP contribution >= 0.6 is 11.6 Å². The quantitative estimate of drug-likeness (QED) is 0.723. The lowest BCUT2D eigenvalue weighted by atomic mass is 10.3. The molecule has 7 heteroatoms. The van der Waals surface area contributed by atoms with E-state index in [4.69, 9.17) is 16.3 Å². The second kappa shape index (κ2) is 8.53. The standard InChI is InChI=1S/C15H19ClN4O2/c1-22-8-7-17-5-6-18-15(21)12-10-19-20(11-12)14-4-2-3-13(16)9-14/h2-4,9-11,17H,5-8H2,1H3,(H,18,21). The Morgan fingerprint density at radius 2 is 2.23 bits per heavy atom. The summed E-state index contributed by atoms with van der Waals surface area (Å²) in [6, 6.07) is 7.29. The van der Waals surface area contributed by atoms with Crippen molar-refractivity contribution in [3.8, 4) is 5.69 Å². The van der Waals surface area contributed by atoms with E-state index in [1.807, 2.05) is 12.1 Å². The molecule has 0 radical (unpaired) electrons. The normalized spacial score (nSPS) is 10.6. The van der Waals surface area contributed by atoms with Gasteiger partial charge >= 0.3 is 0 Å². The highest BCUT2D eigenvalue weighted by Crippen LogP contribution is 2.14. The van der Waals surface area contributed by atoms with Crippen LogP contribution in [-0.2, 0) is 4.74 Å². The number of methoxy groups -OCH3 is 1. The number of amides is 1. The van der Waals surface area contributed by atoms with E-state index in [-0.39, 0.29) is 5.91 Å². The summed E-state index contributed by atoms with van der Waals surface area (Å²) in [6.07, 6.45) is 3.22. The number of halogens is 1. The smallest absolute Gasteiger partial charge is 0.254 e. The number of benzene rings is 1. The Morgan fingerprint density at radius 1 is 1.36 bits per heavy atom. The minimum Gasteiger partial charge on any atom is -0.383 e. The van der Waals surface area contributed by atoms with E-state index < -0.39 is 0 Å². The number of nitrogens with one attached hydrogen (secondary N) is 2. The molecule has 2 aromatic rings. The maximum absolute atomic E-state index is 12.0. The van der Waals surface area contributed by atoms with E-state index in [9.17, 15) is 4.79 Å². The van der Waals surface area contributed by atoms with Gasteiger partial charge in [0.2, 0.25) is 0 Å². The molecule has 2 N–H and O–H groups in total. The van der Waals surface area contributed by atoms with Gasteiger partial charge in [-0.3, -0.25) is 4.79 Å². The van der Waals surface area contributed by atoms with Crippen LogP contribution in [0.3, 0.4) is 0 Å². The number of aromatic nitrogens is 2. The molecule has 2 rings (SSSR count). The van der Waals surface area contributed by atoms with Gasteiger partial charge in [-0.05, 0) is 18.2 Å². The summed E-state index contributed by atoms with van der Waals surface area (Å²) in [5, 5.41) is 10.8. The number of rotatable bonds is 8. The van der Waals surface area contributed by atoms with Crippen LogP contribution in [0.2, 0.25) is 5.02 Å². The fraction of sp³-hybridized carbons (Fsp3) is 0.333. The molecule has 0 saturated carbocycles. The van der Waals surface area contributed by atoms with Gasteiger partial charge < -0.3 is 15.4 Å². The summed E-state index contributed by atoms with van der Waals surface area (Å²) in [6.45, 7) is 2.65. The molecule has 0 atom stereocenters. The van der Waals surface area contributed by atoms with Gasteiger partial charge in [-0.25, -0.2) is 4.68 Å². The third kappa shape index (κ3) is 4.84. The van der Waals surface area contributed by atoms with Crippen LogP contribution in [0.15, 0.2) is 36.7 Å². The second-order valence-electron chi connectivity index (χ2n) is 4.65. The van der Waals surface area contributed by atoms with E-state index >= 15 is 0 Å². The molecule has 0 unspecified atom stereocenters. The first kappa shape index (κ1) is 16.5. The molecule has 22 heavy (non-hydrogen) atoms. The minimum atomic E-state index is -0.151. The molecule has 1 amide bonds.